The van der Waals surface area contributed by atoms with Crippen LogP contribution in [0.3, 0.4) is 0 Å². The molecule has 1 saturated carbocycles. The zero-order chi connectivity index (χ0) is 26.1. The Bertz CT molecular complexity index is 1570. The monoisotopic (exact) mass is 502 g/mol. The van der Waals surface area contributed by atoms with E-state index in [-0.39, 0.29) is 0 Å². The lowest BCUT2D eigenvalue weighted by molar-refractivity contribution is 0.0118. The van der Waals surface area contributed by atoms with Crippen molar-refractivity contribution in [2.45, 2.75) is 36.7 Å². The Kier molecular flexibility index (Phi) is 6.61. The Morgan fingerprint density at radius 2 is 1.68 bits per heavy atom. The summed E-state index contributed by atoms with van der Waals surface area (Å²) in [4.78, 5) is 4.96. The molecular weight excluding hydrogens is 468 g/mol. The van der Waals surface area contributed by atoms with Crippen molar-refractivity contribution >= 4 is 21.7 Å². The van der Waals surface area contributed by atoms with Crippen LogP contribution in [0.4, 0.5) is 0 Å². The van der Waals surface area contributed by atoms with Gasteiger partial charge in [0.25, 0.3) is 0 Å². The fourth-order valence-corrected chi connectivity index (χ4v) is 5.95. The van der Waals surface area contributed by atoms with Crippen molar-refractivity contribution in [2.75, 3.05) is 20.7 Å². The minimum atomic E-state index is -1.23. The van der Waals surface area contributed by atoms with Crippen molar-refractivity contribution in [1.82, 2.24) is 10.3 Å². The van der Waals surface area contributed by atoms with Crippen LogP contribution in [0.2, 0.25) is 0 Å². The van der Waals surface area contributed by atoms with Gasteiger partial charge >= 0.3 is 0 Å². The van der Waals surface area contributed by atoms with Gasteiger partial charge in [0, 0.05) is 16.9 Å². The molecule has 192 valence electrons. The molecule has 1 heterocycles. The number of aliphatic hydroxyl groups is 1. The molecule has 1 fully saturated rings. The molecule has 1 aliphatic rings. The summed E-state index contributed by atoms with van der Waals surface area (Å²) in [6, 6.07) is 33.6. The minimum Gasteiger partial charge on any atom is -0.481 e. The molecule has 0 unspecified atom stereocenters. The summed E-state index contributed by atoms with van der Waals surface area (Å²) in [5, 5.41) is 19.5. The molecule has 0 saturated heterocycles. The molecule has 5 aromatic rings. The number of pyridine rings is 1. The first-order valence-electron chi connectivity index (χ1n) is 13.5. The Hall–Kier alpha value is -3.73. The highest BCUT2D eigenvalue weighted by Crippen LogP contribution is 2.49. The summed E-state index contributed by atoms with van der Waals surface area (Å²) >= 11 is 0. The second-order valence-electron chi connectivity index (χ2n) is 10.5. The van der Waals surface area contributed by atoms with Crippen LogP contribution < -0.4 is 10.1 Å². The number of nitrogens with one attached hydrogen (secondary N) is 1. The molecule has 0 spiro atoms. The number of fused-ring (bicyclic) bond motifs is 2. The molecule has 1 aliphatic carbocycles. The van der Waals surface area contributed by atoms with E-state index in [1.165, 1.54) is 18.4 Å². The van der Waals surface area contributed by atoms with Crippen LogP contribution in [0, 0.1) is 0 Å². The summed E-state index contributed by atoms with van der Waals surface area (Å²) in [7, 11) is 3.60. The van der Waals surface area contributed by atoms with Gasteiger partial charge in [-0.05, 0) is 84.4 Å². The normalized spacial score (nSPS) is 15.9. The van der Waals surface area contributed by atoms with E-state index in [0.29, 0.717) is 24.8 Å². The van der Waals surface area contributed by atoms with Gasteiger partial charge in [-0.2, -0.15) is 0 Å². The number of rotatable bonds is 9. The SMILES string of the molecule is CNCC[C@](O)(c1cccc2ccccc12)[C@H](c1ccccc1)c1cc2cc(C3CC3)ccc2nc1OC. The van der Waals surface area contributed by atoms with E-state index in [2.05, 4.69) is 66.0 Å². The summed E-state index contributed by atoms with van der Waals surface area (Å²) in [5.41, 5.74) is 3.87. The third-order valence-corrected chi connectivity index (χ3v) is 8.01. The molecule has 2 atom stereocenters. The number of nitrogens with zero attached hydrogens (tertiary/aromatic N) is 1. The Balaban J connectivity index is 1.63. The van der Waals surface area contributed by atoms with Crippen molar-refractivity contribution in [2.24, 2.45) is 0 Å². The number of hydrogen-bond donors (Lipinski definition) is 2. The molecule has 0 aliphatic heterocycles. The zero-order valence-electron chi connectivity index (χ0n) is 22.0. The lowest BCUT2D eigenvalue weighted by Gasteiger charge is -2.39. The third-order valence-electron chi connectivity index (χ3n) is 8.01. The van der Waals surface area contributed by atoms with E-state index in [0.717, 1.165) is 38.4 Å². The summed E-state index contributed by atoms with van der Waals surface area (Å²) in [6.07, 6.45) is 3.01. The van der Waals surface area contributed by atoms with Crippen LogP contribution in [0.15, 0.2) is 97.1 Å². The first-order chi connectivity index (χ1) is 18.6. The number of hydrogen-bond acceptors (Lipinski definition) is 4. The van der Waals surface area contributed by atoms with Crippen molar-refractivity contribution in [3.05, 3.63) is 119 Å². The Morgan fingerprint density at radius 1 is 0.921 bits per heavy atom. The molecule has 1 aromatic heterocycles. The summed E-state index contributed by atoms with van der Waals surface area (Å²) in [6.45, 7) is 0.651. The first-order valence-corrected chi connectivity index (χ1v) is 13.5. The molecule has 6 rings (SSSR count). The van der Waals surface area contributed by atoms with Crippen molar-refractivity contribution in [3.8, 4) is 5.88 Å². The number of ether oxygens (including phenoxy) is 1. The third kappa shape index (κ3) is 4.44. The zero-order valence-corrected chi connectivity index (χ0v) is 22.0. The van der Waals surface area contributed by atoms with Gasteiger partial charge in [-0.15, -0.1) is 0 Å². The lowest BCUT2D eigenvalue weighted by atomic mass is 9.70. The molecule has 0 radical (unpaired) electrons. The quantitative estimate of drug-likeness (QED) is 0.230. The largest absolute Gasteiger partial charge is 0.481 e. The predicted molar refractivity (Wildman–Crippen MR) is 155 cm³/mol. The van der Waals surface area contributed by atoms with Gasteiger partial charge in [-0.3, -0.25) is 0 Å². The molecule has 2 N–H and O–H groups in total. The van der Waals surface area contributed by atoms with Gasteiger partial charge in [-0.1, -0.05) is 78.9 Å². The smallest absolute Gasteiger partial charge is 0.217 e. The van der Waals surface area contributed by atoms with E-state index >= 15 is 0 Å². The second kappa shape index (κ2) is 10.2. The van der Waals surface area contributed by atoms with Gasteiger partial charge in [0.1, 0.15) is 5.60 Å². The topological polar surface area (TPSA) is 54.4 Å². The van der Waals surface area contributed by atoms with Crippen LogP contribution in [0.1, 0.15) is 53.4 Å². The average Bonchev–Trinajstić information content (AvgIpc) is 3.82. The van der Waals surface area contributed by atoms with Crippen LogP contribution in [0.5, 0.6) is 5.88 Å². The van der Waals surface area contributed by atoms with Crippen molar-refractivity contribution < 1.29 is 9.84 Å². The standard InChI is InChI=1S/C34H34N2O2/c1-35-20-19-34(37,30-14-8-12-24-9-6-7-13-28(24)30)32(25-10-4-3-5-11-25)29-22-27-21-26(23-15-16-23)17-18-31(27)36-33(29)38-2/h3-14,17-18,21-23,32,35,37H,15-16,19-20H2,1-2H3/t32-,34+/m1/s1. The summed E-state index contributed by atoms with van der Waals surface area (Å²) < 4.78 is 5.93. The average molecular weight is 503 g/mol. The van der Waals surface area contributed by atoms with E-state index in [1.54, 1.807) is 7.11 Å². The Labute approximate surface area is 224 Å². The predicted octanol–water partition coefficient (Wildman–Crippen LogP) is 6.90. The van der Waals surface area contributed by atoms with Gasteiger partial charge in [0.05, 0.1) is 12.6 Å². The van der Waals surface area contributed by atoms with Crippen LogP contribution >= 0.6 is 0 Å². The van der Waals surface area contributed by atoms with Gasteiger partial charge in [0.15, 0.2) is 0 Å². The maximum absolute atomic E-state index is 13.0. The van der Waals surface area contributed by atoms with Gasteiger partial charge in [-0.25, -0.2) is 4.98 Å². The highest BCUT2D eigenvalue weighted by Gasteiger charge is 2.43. The maximum atomic E-state index is 13.0. The van der Waals surface area contributed by atoms with Crippen molar-refractivity contribution in [3.63, 3.8) is 0 Å². The fourth-order valence-electron chi connectivity index (χ4n) is 5.95. The second-order valence-corrected chi connectivity index (χ2v) is 10.5. The van der Waals surface area contributed by atoms with E-state index in [1.807, 2.05) is 43.4 Å². The Morgan fingerprint density at radius 3 is 2.45 bits per heavy atom. The van der Waals surface area contributed by atoms with Crippen LogP contribution in [0.25, 0.3) is 21.7 Å². The molecule has 0 bridgehead atoms. The number of methoxy groups -OCH3 is 1. The highest BCUT2D eigenvalue weighted by molar-refractivity contribution is 5.87. The van der Waals surface area contributed by atoms with E-state index < -0.39 is 11.5 Å². The van der Waals surface area contributed by atoms with Gasteiger partial charge < -0.3 is 15.2 Å². The first kappa shape index (κ1) is 24.6. The van der Waals surface area contributed by atoms with E-state index in [9.17, 15) is 5.11 Å². The molecule has 4 aromatic carbocycles. The molecule has 4 nitrogen and oxygen atoms in total. The lowest BCUT2D eigenvalue weighted by Crippen LogP contribution is -2.37. The molecule has 4 heteroatoms. The number of aromatic nitrogens is 1. The van der Waals surface area contributed by atoms with E-state index in [4.69, 9.17) is 9.72 Å². The minimum absolute atomic E-state index is 0.403. The van der Waals surface area contributed by atoms with Crippen LogP contribution in [-0.4, -0.2) is 30.8 Å². The molecule has 0 amide bonds. The fraction of sp³-hybridized carbons (Fsp3) is 0.265. The molecular formula is C34H34N2O2. The maximum Gasteiger partial charge on any atom is 0.217 e. The number of benzene rings is 4. The molecule has 38 heavy (non-hydrogen) atoms. The van der Waals surface area contributed by atoms with Gasteiger partial charge in [0.2, 0.25) is 5.88 Å². The highest BCUT2D eigenvalue weighted by atomic mass is 16.5. The van der Waals surface area contributed by atoms with Crippen LogP contribution in [-0.2, 0) is 5.60 Å². The summed E-state index contributed by atoms with van der Waals surface area (Å²) in [5.74, 6) is 0.797. The van der Waals surface area contributed by atoms with Crippen molar-refractivity contribution in [1.29, 1.82) is 0 Å².